The topological polar surface area (TPSA) is 55.4 Å². The zero-order chi connectivity index (χ0) is 37.1. The van der Waals surface area contributed by atoms with Gasteiger partial charge in [0, 0.05) is 6.61 Å². The van der Waals surface area contributed by atoms with E-state index in [2.05, 4.69) is 155 Å². The van der Waals surface area contributed by atoms with Crippen molar-refractivity contribution in [2.24, 2.45) is 0 Å². The average Bonchev–Trinajstić information content (AvgIpc) is 2.94. The second-order valence-electron chi connectivity index (χ2n) is 19.2. The molecule has 0 aromatic carbocycles. The van der Waals surface area contributed by atoms with Crippen molar-refractivity contribution < 1.29 is 27.2 Å². The molecule has 0 radical (unpaired) electrons. The summed E-state index contributed by atoms with van der Waals surface area (Å²) in [5, 5.41) is 0.116. The van der Waals surface area contributed by atoms with Crippen molar-refractivity contribution in [2.45, 2.75) is 218 Å². The van der Waals surface area contributed by atoms with E-state index >= 15 is 0 Å². The zero-order valence-electron chi connectivity index (χ0n) is 34.5. The van der Waals surface area contributed by atoms with E-state index < -0.39 is 33.3 Å². The SMILES string of the molecule is CC[Si](CC)(CC)OCC[C@H]1CC[C@@H]2O[C@@H]([C@H](C=CI)O[Si](C)(C)C(C)(C)C)[C@@H](O[Si](C)(C)C(C)(C)C)[C@@H](O[Si](C)(C)C(C)(C)C)[C@H]2O1. The molecule has 6 nitrogen and oxygen atoms in total. The van der Waals surface area contributed by atoms with Gasteiger partial charge in [0.05, 0.1) is 18.3 Å². The molecule has 0 aliphatic carbocycles. The number of fused-ring (bicyclic) bond motifs is 1. The van der Waals surface area contributed by atoms with Crippen molar-refractivity contribution in [1.82, 2.24) is 0 Å². The van der Waals surface area contributed by atoms with Crippen LogP contribution in [0.1, 0.15) is 102 Å². The van der Waals surface area contributed by atoms with Gasteiger partial charge >= 0.3 is 0 Å². The predicted molar refractivity (Wildman–Crippen MR) is 224 cm³/mol. The van der Waals surface area contributed by atoms with Gasteiger partial charge < -0.3 is 27.2 Å². The Hall–Kier alpha value is 1.10. The molecule has 2 aliphatic heterocycles. The van der Waals surface area contributed by atoms with Gasteiger partial charge in [0.15, 0.2) is 33.3 Å². The van der Waals surface area contributed by atoms with Gasteiger partial charge in [-0.3, -0.25) is 0 Å². The standard InChI is InChI=1S/C37H77IO6Si4/c1-19-48(20-2,21-3)39-27-25-28-22-23-29-31(40-28)33(43-46(15,16)36(7,8)9)34(44-47(17,18)37(10,11)12)32(41-29)30(24-26-38)42-45(13,14)35(4,5)6/h24,26,28-34H,19-23,25,27H2,1-18H3/t28-,29+,30+,31+,32+,33+,34-/m1/s1. The lowest BCUT2D eigenvalue weighted by Gasteiger charge is -2.56. The van der Waals surface area contributed by atoms with E-state index in [1.54, 1.807) is 0 Å². The molecule has 2 aliphatic rings. The fourth-order valence-corrected chi connectivity index (χ4v) is 13.0. The van der Waals surface area contributed by atoms with Crippen molar-refractivity contribution in [3.63, 3.8) is 0 Å². The first-order chi connectivity index (χ1) is 21.7. The summed E-state index contributed by atoms with van der Waals surface area (Å²) in [5.74, 6) is 0. The van der Waals surface area contributed by atoms with Crippen LogP contribution in [0.2, 0.25) is 72.5 Å². The molecule has 2 saturated heterocycles. The minimum absolute atomic E-state index is 0.0202. The minimum atomic E-state index is -2.28. The van der Waals surface area contributed by atoms with Gasteiger partial charge in [0.25, 0.3) is 0 Å². The largest absolute Gasteiger partial charge is 0.417 e. The van der Waals surface area contributed by atoms with Gasteiger partial charge in [-0.15, -0.1) is 0 Å². The first kappa shape index (κ1) is 45.3. The molecule has 48 heavy (non-hydrogen) atoms. The molecule has 0 saturated carbocycles. The van der Waals surface area contributed by atoms with Crippen LogP contribution >= 0.6 is 22.6 Å². The molecular weight excluding hydrogens is 780 g/mol. The Kier molecular flexibility index (Phi) is 16.1. The summed E-state index contributed by atoms with van der Waals surface area (Å²) in [6, 6.07) is 3.51. The lowest BCUT2D eigenvalue weighted by molar-refractivity contribution is -0.267. The van der Waals surface area contributed by atoms with E-state index in [0.717, 1.165) is 25.9 Å². The second kappa shape index (κ2) is 17.1. The summed E-state index contributed by atoms with van der Waals surface area (Å²) >= 11 is 2.33. The van der Waals surface area contributed by atoms with E-state index in [1.807, 2.05) is 0 Å². The third-order valence-electron chi connectivity index (χ3n) is 12.9. The monoisotopic (exact) mass is 856 g/mol. The molecule has 284 valence electrons. The Balaban J connectivity index is 2.65. The number of hydrogen-bond acceptors (Lipinski definition) is 6. The highest BCUT2D eigenvalue weighted by atomic mass is 127. The third-order valence-corrected chi connectivity index (χ3v) is 31.4. The lowest BCUT2D eigenvalue weighted by atomic mass is 9.87. The van der Waals surface area contributed by atoms with E-state index in [1.165, 1.54) is 18.1 Å². The molecule has 2 heterocycles. The van der Waals surface area contributed by atoms with Crippen molar-refractivity contribution >= 4 is 55.9 Å². The van der Waals surface area contributed by atoms with Crippen LogP contribution in [-0.4, -0.2) is 82.6 Å². The minimum Gasteiger partial charge on any atom is -0.417 e. The number of hydrogen-bond donors (Lipinski definition) is 0. The smallest absolute Gasteiger partial charge is 0.193 e. The Morgan fingerprint density at radius 2 is 1.19 bits per heavy atom. The van der Waals surface area contributed by atoms with Crippen LogP contribution in [-0.2, 0) is 27.2 Å². The zero-order valence-corrected chi connectivity index (χ0v) is 40.6. The molecule has 2 fully saturated rings. The number of ether oxygens (including phenoxy) is 2. The normalized spacial score (nSPS) is 27.7. The molecule has 7 atom stereocenters. The molecule has 0 aromatic rings. The van der Waals surface area contributed by atoms with E-state index in [4.69, 9.17) is 27.2 Å². The van der Waals surface area contributed by atoms with Crippen LogP contribution in [0, 0.1) is 0 Å². The number of halogens is 1. The molecule has 0 amide bonds. The van der Waals surface area contributed by atoms with Gasteiger partial charge in [-0.2, -0.15) is 0 Å². The first-order valence-electron chi connectivity index (χ1n) is 19.0. The summed E-state index contributed by atoms with van der Waals surface area (Å²) in [6.45, 7) is 42.6. The van der Waals surface area contributed by atoms with Gasteiger partial charge in [-0.05, 0) is 102 Å². The second-order valence-corrected chi connectivity index (χ2v) is 38.9. The molecule has 0 bridgehead atoms. The van der Waals surface area contributed by atoms with Crippen LogP contribution in [0.5, 0.6) is 0 Å². The molecule has 0 spiro atoms. The van der Waals surface area contributed by atoms with Gasteiger partial charge in [0.1, 0.15) is 24.4 Å². The van der Waals surface area contributed by atoms with Crippen LogP contribution in [0.4, 0.5) is 0 Å². The van der Waals surface area contributed by atoms with Crippen LogP contribution in [0.15, 0.2) is 10.2 Å². The van der Waals surface area contributed by atoms with Crippen molar-refractivity contribution in [3.05, 3.63) is 10.2 Å². The quantitative estimate of drug-likeness (QED) is 0.121. The summed E-state index contributed by atoms with van der Waals surface area (Å²) in [6.07, 6.45) is 3.74. The number of rotatable bonds is 15. The maximum atomic E-state index is 7.54. The van der Waals surface area contributed by atoms with Crippen molar-refractivity contribution in [2.75, 3.05) is 6.61 Å². The van der Waals surface area contributed by atoms with Crippen LogP contribution in [0.25, 0.3) is 0 Å². The Labute approximate surface area is 315 Å². The predicted octanol–water partition coefficient (Wildman–Crippen LogP) is 11.8. The molecule has 2 rings (SSSR count). The fraction of sp³-hybridized carbons (Fsp3) is 0.946. The summed E-state index contributed by atoms with van der Waals surface area (Å²) < 4.78 is 45.5. The third kappa shape index (κ3) is 11.1. The summed E-state index contributed by atoms with van der Waals surface area (Å²) in [5.41, 5.74) is 0. The highest BCUT2D eigenvalue weighted by Gasteiger charge is 2.57. The van der Waals surface area contributed by atoms with Crippen molar-refractivity contribution in [1.29, 1.82) is 0 Å². The Bertz CT molecular complexity index is 1020. The van der Waals surface area contributed by atoms with Gasteiger partial charge in [0.2, 0.25) is 0 Å². The molecule has 11 heteroatoms. The van der Waals surface area contributed by atoms with E-state index in [9.17, 15) is 0 Å². The molecule has 0 unspecified atom stereocenters. The van der Waals surface area contributed by atoms with E-state index in [0.29, 0.717) is 0 Å². The molecule has 0 N–H and O–H groups in total. The fourth-order valence-electron chi connectivity index (χ4n) is 6.03. The van der Waals surface area contributed by atoms with Crippen LogP contribution < -0.4 is 0 Å². The van der Waals surface area contributed by atoms with E-state index in [-0.39, 0.29) is 57.8 Å². The Morgan fingerprint density at radius 1 is 0.708 bits per heavy atom. The summed E-state index contributed by atoms with van der Waals surface area (Å²) in [4.78, 5) is 0. The van der Waals surface area contributed by atoms with Gasteiger partial charge in [-0.25, -0.2) is 0 Å². The summed E-state index contributed by atoms with van der Waals surface area (Å²) in [7, 11) is -8.34. The maximum Gasteiger partial charge on any atom is 0.193 e. The Morgan fingerprint density at radius 3 is 1.62 bits per heavy atom. The molecular formula is C37H77IO6Si4. The highest BCUT2D eigenvalue weighted by molar-refractivity contribution is 14.1. The van der Waals surface area contributed by atoms with Crippen molar-refractivity contribution in [3.8, 4) is 0 Å². The van der Waals surface area contributed by atoms with Crippen LogP contribution in [0.3, 0.4) is 0 Å². The highest BCUT2D eigenvalue weighted by Crippen LogP contribution is 2.47. The molecule has 0 aromatic heterocycles. The van der Waals surface area contributed by atoms with Gasteiger partial charge in [-0.1, -0.05) is 106 Å². The average molecular weight is 857 g/mol. The lowest BCUT2D eigenvalue weighted by Crippen LogP contribution is -2.69. The maximum absolute atomic E-state index is 7.54. The first-order valence-corrected chi connectivity index (χ1v) is 31.5.